The fourth-order valence-corrected chi connectivity index (χ4v) is 16.8. The van der Waals surface area contributed by atoms with E-state index >= 15 is 0 Å². The zero-order valence-electron chi connectivity index (χ0n) is 12.3. The molecule has 0 aliphatic heterocycles. The van der Waals surface area contributed by atoms with Crippen molar-refractivity contribution in [2.24, 2.45) is 0 Å². The summed E-state index contributed by atoms with van der Waals surface area (Å²) in [7, 11) is 0. The maximum atomic E-state index is 9.00. The van der Waals surface area contributed by atoms with Crippen molar-refractivity contribution in [3.63, 3.8) is 0 Å². The first kappa shape index (κ1) is 19.7. The summed E-state index contributed by atoms with van der Waals surface area (Å²) in [6, 6.07) is 0. The Labute approximate surface area is 116 Å². The van der Waals surface area contributed by atoms with E-state index in [1.807, 2.05) is 0 Å². The Balaban J connectivity index is 0. The summed E-state index contributed by atoms with van der Waals surface area (Å²) < 4.78 is 5.11. The van der Waals surface area contributed by atoms with Crippen LogP contribution in [0.25, 0.3) is 0 Å². The van der Waals surface area contributed by atoms with Crippen LogP contribution in [0.5, 0.6) is 0 Å². The number of carbonyl (C=O) groups is 1. The molecule has 0 fully saturated rings. The fourth-order valence-electron chi connectivity index (χ4n) is 1.91. The van der Waals surface area contributed by atoms with E-state index in [1.54, 1.807) is 31.2 Å². The molecule has 0 saturated heterocycles. The Hall–Kier alpha value is 0.392. The second-order valence-corrected chi connectivity index (χ2v) is 18.3. The number of hydrogen-bond acceptors (Lipinski definition) is 1. The van der Waals surface area contributed by atoms with Gasteiger partial charge in [0.05, 0.1) is 0 Å². The Morgan fingerprint density at radius 3 is 1.29 bits per heavy atom. The molecule has 104 valence electrons. The molecule has 17 heavy (non-hydrogen) atoms. The Morgan fingerprint density at radius 2 is 1.12 bits per heavy atom. The molecule has 0 aromatic carbocycles. The number of aliphatic carboxylic acids is 1. The van der Waals surface area contributed by atoms with E-state index in [2.05, 4.69) is 20.8 Å². The summed E-state index contributed by atoms with van der Waals surface area (Å²) >= 11 is -1.08. The summed E-state index contributed by atoms with van der Waals surface area (Å²) in [5.74, 6) is -0.833. The molecule has 0 unspecified atom stereocenters. The van der Waals surface area contributed by atoms with Gasteiger partial charge in [0.25, 0.3) is 5.97 Å². The summed E-state index contributed by atoms with van der Waals surface area (Å²) in [6.07, 6.45) is 8.90. The average molecular weight is 440 g/mol. The molecule has 0 radical (unpaired) electrons. The third-order valence-corrected chi connectivity index (χ3v) is 17.2. The monoisotopic (exact) mass is 440 g/mol. The molecule has 2 nitrogen and oxygen atoms in total. The minimum atomic E-state index is -1.08. The normalized spacial score (nSPS) is 9.94. The van der Waals surface area contributed by atoms with Gasteiger partial charge in [-0.05, 0) is 0 Å². The van der Waals surface area contributed by atoms with E-state index in [9.17, 15) is 0 Å². The van der Waals surface area contributed by atoms with Crippen molar-refractivity contribution in [3.05, 3.63) is 0 Å². The van der Waals surface area contributed by atoms with Crippen molar-refractivity contribution >= 4 is 28.7 Å². The molecular weight excluding hydrogens is 407 g/mol. The standard InChI is InChI=1S/3C4H9.C2H4O2.Pb.H/c3*1-3-4-2;1-2(3)4;;/h3*1,3-4H2,2H3;1H3,(H,3,4);;. The van der Waals surface area contributed by atoms with Crippen molar-refractivity contribution in [3.8, 4) is 0 Å². The molecule has 3 heteroatoms. The van der Waals surface area contributed by atoms with Gasteiger partial charge in [-0.3, -0.25) is 4.79 Å². The van der Waals surface area contributed by atoms with Crippen LogP contribution in [0, 0.1) is 0 Å². The molecule has 0 aliphatic rings. The first-order chi connectivity index (χ1) is 8.08. The number of carboxylic acids is 1. The molecule has 0 bridgehead atoms. The zero-order chi connectivity index (χ0) is 13.5. The molecule has 0 aliphatic carbocycles. The molecule has 0 aromatic rings. The van der Waals surface area contributed by atoms with Crippen molar-refractivity contribution in [2.75, 3.05) is 0 Å². The maximum absolute atomic E-state index is 9.00. The molecule has 0 saturated carbocycles. The second kappa shape index (κ2) is 16.4. The molecule has 0 rings (SSSR count). The Kier molecular flexibility index (Phi) is 19.0. The van der Waals surface area contributed by atoms with Crippen LogP contribution >= 0.6 is 0 Å². The van der Waals surface area contributed by atoms with Crippen molar-refractivity contribution in [1.29, 1.82) is 0 Å². The first-order valence-electron chi connectivity index (χ1n) is 7.27. The van der Waals surface area contributed by atoms with Gasteiger partial charge in [-0.15, -0.1) is 0 Å². The van der Waals surface area contributed by atoms with E-state index in [4.69, 9.17) is 9.90 Å². The minimum absolute atomic E-state index is 0.833. The number of hydrogen-bond donors (Lipinski definition) is 1. The molecule has 0 aromatic heterocycles. The van der Waals surface area contributed by atoms with E-state index in [0.717, 1.165) is 6.92 Å². The number of rotatable bonds is 9. The van der Waals surface area contributed by atoms with Gasteiger partial charge in [-0.2, -0.15) is 0 Å². The van der Waals surface area contributed by atoms with Crippen LogP contribution in [0.2, 0.25) is 11.9 Å². The van der Waals surface area contributed by atoms with Crippen molar-refractivity contribution < 1.29 is 9.90 Å². The Bertz CT molecular complexity index is 137. The predicted molar refractivity (Wildman–Crippen MR) is 79.6 cm³/mol. The van der Waals surface area contributed by atoms with Crippen molar-refractivity contribution in [1.82, 2.24) is 0 Å². The van der Waals surface area contributed by atoms with Crippen LogP contribution < -0.4 is 0 Å². The van der Waals surface area contributed by atoms with E-state index in [-0.39, 0.29) is 0 Å². The molecule has 0 spiro atoms. The first-order valence-corrected chi connectivity index (χ1v) is 16.8. The van der Waals surface area contributed by atoms with Gasteiger partial charge in [-0.1, -0.05) is 0 Å². The van der Waals surface area contributed by atoms with E-state index < -0.39 is 28.7 Å². The summed E-state index contributed by atoms with van der Waals surface area (Å²) in [4.78, 5) is 9.00. The van der Waals surface area contributed by atoms with Gasteiger partial charge >= 0.3 is 93.9 Å². The van der Waals surface area contributed by atoms with Crippen LogP contribution in [0.15, 0.2) is 0 Å². The molecule has 1 N–H and O–H groups in total. The third-order valence-electron chi connectivity index (χ3n) is 2.90. The van der Waals surface area contributed by atoms with Crippen LogP contribution in [0.4, 0.5) is 0 Å². The van der Waals surface area contributed by atoms with Crippen LogP contribution in [0.3, 0.4) is 0 Å². The van der Waals surface area contributed by atoms with Gasteiger partial charge in [-0.25, -0.2) is 0 Å². The summed E-state index contributed by atoms with van der Waals surface area (Å²) in [5, 5.41) is 7.42. The fraction of sp³-hybridized carbons (Fsp3) is 0.929. The number of carboxylic acid groups (broad SMARTS) is 1. The summed E-state index contributed by atoms with van der Waals surface area (Å²) in [6.45, 7) is 8.10. The van der Waals surface area contributed by atoms with E-state index in [1.165, 1.54) is 19.3 Å². The van der Waals surface area contributed by atoms with Gasteiger partial charge < -0.3 is 5.11 Å². The van der Waals surface area contributed by atoms with Crippen LogP contribution in [-0.2, 0) is 4.79 Å². The summed E-state index contributed by atoms with van der Waals surface area (Å²) in [5.41, 5.74) is 0. The van der Waals surface area contributed by atoms with E-state index in [0.29, 0.717) is 0 Å². The van der Waals surface area contributed by atoms with Gasteiger partial charge in [0, 0.05) is 6.92 Å². The molecular formula is C14H32O2Pb. The van der Waals surface area contributed by atoms with Crippen LogP contribution in [0.1, 0.15) is 66.2 Å². The van der Waals surface area contributed by atoms with Crippen LogP contribution in [-0.4, -0.2) is 33.8 Å². The third kappa shape index (κ3) is 22.1. The van der Waals surface area contributed by atoms with Gasteiger partial charge in [0.2, 0.25) is 0 Å². The second-order valence-electron chi connectivity index (χ2n) is 4.81. The predicted octanol–water partition coefficient (Wildman–Crippen LogP) is 4.70. The quantitative estimate of drug-likeness (QED) is 0.529. The molecule has 0 heterocycles. The SMILES string of the molecule is CC(=O)O.CCC[CH2][PbH]([CH2]CCC)[CH2]CCC. The van der Waals surface area contributed by atoms with Crippen molar-refractivity contribution in [2.45, 2.75) is 78.2 Å². The average Bonchev–Trinajstić information content (AvgIpc) is 2.27. The molecule has 0 atom stereocenters. The molecule has 0 amide bonds. The zero-order valence-corrected chi connectivity index (χ0v) is 16.8. The topological polar surface area (TPSA) is 37.3 Å². The van der Waals surface area contributed by atoms with Gasteiger partial charge in [0.15, 0.2) is 0 Å². The number of unbranched alkanes of at least 4 members (excludes halogenated alkanes) is 3. The van der Waals surface area contributed by atoms with Gasteiger partial charge in [0.1, 0.15) is 0 Å². The Morgan fingerprint density at radius 1 is 0.882 bits per heavy atom.